The van der Waals surface area contributed by atoms with Crippen molar-refractivity contribution < 1.29 is 19.1 Å². The summed E-state index contributed by atoms with van der Waals surface area (Å²) in [4.78, 5) is 24.4. The molecule has 0 saturated carbocycles. The van der Waals surface area contributed by atoms with Crippen LogP contribution in [0.5, 0.6) is 11.5 Å². The molecule has 0 atom stereocenters. The van der Waals surface area contributed by atoms with Crippen LogP contribution in [0.4, 0.5) is 0 Å². The molecule has 0 amide bonds. The van der Waals surface area contributed by atoms with Crippen molar-refractivity contribution in [3.63, 3.8) is 0 Å². The van der Waals surface area contributed by atoms with Crippen LogP contribution in [-0.4, -0.2) is 11.8 Å². The Balaban J connectivity index is 1.84. The number of benzene rings is 2. The van der Waals surface area contributed by atoms with Crippen LogP contribution in [0.2, 0.25) is 5.02 Å². The highest BCUT2D eigenvalue weighted by molar-refractivity contribution is 6.30. The number of esters is 1. The molecule has 0 radical (unpaired) electrons. The van der Waals surface area contributed by atoms with Gasteiger partial charge in [-0.15, -0.1) is 0 Å². The molecule has 3 rings (SSSR count). The summed E-state index contributed by atoms with van der Waals surface area (Å²) in [6, 6.07) is 11.8. The van der Waals surface area contributed by atoms with Gasteiger partial charge in [0.25, 0.3) is 0 Å². The number of ketones is 1. The molecule has 5 heteroatoms. The van der Waals surface area contributed by atoms with E-state index < -0.39 is 5.41 Å². The first-order chi connectivity index (χ1) is 11.7. The lowest BCUT2D eigenvalue weighted by Gasteiger charge is -2.16. The Bertz CT molecular complexity index is 874. The second-order valence-corrected chi connectivity index (χ2v) is 7.23. The highest BCUT2D eigenvalue weighted by Gasteiger charge is 2.29. The summed E-state index contributed by atoms with van der Waals surface area (Å²) in [5.41, 5.74) is 0.630. The van der Waals surface area contributed by atoms with Crippen molar-refractivity contribution in [3.05, 3.63) is 64.4 Å². The average Bonchev–Trinajstić information content (AvgIpc) is 2.84. The van der Waals surface area contributed by atoms with Crippen LogP contribution >= 0.6 is 11.6 Å². The van der Waals surface area contributed by atoms with Crippen molar-refractivity contribution in [3.8, 4) is 11.5 Å². The smallest absolute Gasteiger partial charge is 0.316 e. The van der Waals surface area contributed by atoms with Gasteiger partial charge in [0.15, 0.2) is 5.76 Å². The molecule has 0 bridgehead atoms. The topological polar surface area (TPSA) is 52.6 Å². The zero-order valence-corrected chi connectivity index (χ0v) is 14.9. The molecular formula is C20H17ClO4. The van der Waals surface area contributed by atoms with Crippen LogP contribution in [0.15, 0.2) is 48.2 Å². The van der Waals surface area contributed by atoms with Gasteiger partial charge in [-0.1, -0.05) is 23.7 Å². The van der Waals surface area contributed by atoms with E-state index in [0.29, 0.717) is 22.1 Å². The molecule has 2 aromatic rings. The Kier molecular flexibility index (Phi) is 4.39. The number of fused-ring (bicyclic) bond motifs is 1. The molecule has 0 unspecified atom stereocenters. The van der Waals surface area contributed by atoms with Gasteiger partial charge in [0.05, 0.1) is 11.0 Å². The van der Waals surface area contributed by atoms with Crippen LogP contribution < -0.4 is 9.47 Å². The maximum absolute atomic E-state index is 12.4. The lowest BCUT2D eigenvalue weighted by atomic mass is 9.97. The molecule has 128 valence electrons. The molecule has 0 N–H and O–H groups in total. The number of carbonyl (C=O) groups is 2. The standard InChI is InChI=1S/C20H17ClO4/c1-20(2,3)19(23)24-14-8-9-15-16(11-14)25-17(18(15)22)10-12-4-6-13(21)7-5-12/h4-11H,1-3H3. The van der Waals surface area contributed by atoms with Crippen LogP contribution in [0.3, 0.4) is 0 Å². The van der Waals surface area contributed by atoms with Crippen LogP contribution in [-0.2, 0) is 4.79 Å². The normalized spacial score (nSPS) is 15.0. The molecular weight excluding hydrogens is 340 g/mol. The Morgan fingerprint density at radius 1 is 1.12 bits per heavy atom. The number of carbonyl (C=O) groups excluding carboxylic acids is 2. The van der Waals surface area contributed by atoms with Crippen LogP contribution in [0.1, 0.15) is 36.7 Å². The number of ether oxygens (including phenoxy) is 2. The maximum Gasteiger partial charge on any atom is 0.316 e. The summed E-state index contributed by atoms with van der Waals surface area (Å²) < 4.78 is 11.0. The largest absolute Gasteiger partial charge is 0.452 e. The van der Waals surface area contributed by atoms with Crippen molar-refractivity contribution in [2.45, 2.75) is 20.8 Å². The fraction of sp³-hybridized carbons (Fsp3) is 0.200. The minimum Gasteiger partial charge on any atom is -0.452 e. The molecule has 2 aromatic carbocycles. The van der Waals surface area contributed by atoms with E-state index in [9.17, 15) is 9.59 Å². The molecule has 0 fully saturated rings. The van der Waals surface area contributed by atoms with Crippen molar-refractivity contribution in [1.82, 2.24) is 0 Å². The first-order valence-electron chi connectivity index (χ1n) is 7.80. The number of allylic oxidation sites excluding steroid dienone is 1. The summed E-state index contributed by atoms with van der Waals surface area (Å²) in [6.45, 7) is 5.32. The Labute approximate surface area is 151 Å². The summed E-state index contributed by atoms with van der Waals surface area (Å²) in [7, 11) is 0. The number of hydrogen-bond acceptors (Lipinski definition) is 4. The maximum atomic E-state index is 12.4. The SMILES string of the molecule is CC(C)(C)C(=O)Oc1ccc2c(c1)OC(=Cc1ccc(Cl)cc1)C2=O. The average molecular weight is 357 g/mol. The minimum atomic E-state index is -0.616. The van der Waals surface area contributed by atoms with Gasteiger partial charge in [-0.05, 0) is 56.7 Å². The minimum absolute atomic E-state index is 0.210. The molecule has 1 aliphatic heterocycles. The molecule has 25 heavy (non-hydrogen) atoms. The number of hydrogen-bond donors (Lipinski definition) is 0. The molecule has 0 spiro atoms. The highest BCUT2D eigenvalue weighted by Crippen LogP contribution is 2.35. The van der Waals surface area contributed by atoms with Crippen molar-refractivity contribution in [1.29, 1.82) is 0 Å². The van der Waals surface area contributed by atoms with Gasteiger partial charge in [0.2, 0.25) is 5.78 Å². The Hall–Kier alpha value is -2.59. The molecule has 1 heterocycles. The molecule has 0 aromatic heterocycles. The third-order valence-corrected chi connectivity index (χ3v) is 3.88. The zero-order valence-electron chi connectivity index (χ0n) is 14.1. The fourth-order valence-electron chi connectivity index (χ4n) is 2.20. The Morgan fingerprint density at radius 2 is 1.80 bits per heavy atom. The molecule has 0 aliphatic carbocycles. The third-order valence-electron chi connectivity index (χ3n) is 3.63. The first-order valence-corrected chi connectivity index (χ1v) is 8.18. The van der Waals surface area contributed by atoms with Gasteiger partial charge in [0.1, 0.15) is 11.5 Å². The summed E-state index contributed by atoms with van der Waals surface area (Å²) in [5, 5.41) is 0.620. The number of Topliss-reactive ketones (excluding diaryl/α,β-unsaturated/α-hetero) is 1. The van der Waals surface area contributed by atoms with Gasteiger partial charge in [-0.3, -0.25) is 9.59 Å². The van der Waals surface area contributed by atoms with E-state index in [0.717, 1.165) is 5.56 Å². The second kappa shape index (κ2) is 6.37. The third kappa shape index (κ3) is 3.74. The van der Waals surface area contributed by atoms with E-state index in [1.807, 2.05) is 0 Å². The van der Waals surface area contributed by atoms with E-state index in [4.69, 9.17) is 21.1 Å². The quantitative estimate of drug-likeness (QED) is 0.436. The van der Waals surface area contributed by atoms with Gasteiger partial charge < -0.3 is 9.47 Å². The van der Waals surface area contributed by atoms with Crippen LogP contribution in [0.25, 0.3) is 6.08 Å². The van der Waals surface area contributed by atoms with Crippen molar-refractivity contribution in [2.24, 2.45) is 5.41 Å². The zero-order chi connectivity index (χ0) is 18.2. The van der Waals surface area contributed by atoms with E-state index in [-0.39, 0.29) is 17.5 Å². The lowest BCUT2D eigenvalue weighted by molar-refractivity contribution is -0.142. The second-order valence-electron chi connectivity index (χ2n) is 6.79. The van der Waals surface area contributed by atoms with E-state index in [1.165, 1.54) is 0 Å². The van der Waals surface area contributed by atoms with E-state index in [1.54, 1.807) is 69.3 Å². The van der Waals surface area contributed by atoms with E-state index in [2.05, 4.69) is 0 Å². The van der Waals surface area contributed by atoms with Gasteiger partial charge in [0, 0.05) is 11.1 Å². The van der Waals surface area contributed by atoms with Crippen LogP contribution in [0, 0.1) is 5.41 Å². The monoisotopic (exact) mass is 356 g/mol. The highest BCUT2D eigenvalue weighted by atomic mass is 35.5. The van der Waals surface area contributed by atoms with Crippen molar-refractivity contribution in [2.75, 3.05) is 0 Å². The number of halogens is 1. The predicted octanol–water partition coefficient (Wildman–Crippen LogP) is 4.91. The molecule has 1 aliphatic rings. The number of rotatable bonds is 2. The summed E-state index contributed by atoms with van der Waals surface area (Å²) >= 11 is 5.86. The van der Waals surface area contributed by atoms with E-state index >= 15 is 0 Å². The van der Waals surface area contributed by atoms with Gasteiger partial charge >= 0.3 is 5.97 Å². The van der Waals surface area contributed by atoms with Gasteiger partial charge in [-0.25, -0.2) is 0 Å². The lowest BCUT2D eigenvalue weighted by Crippen LogP contribution is -2.25. The predicted molar refractivity (Wildman–Crippen MR) is 95.9 cm³/mol. The summed E-state index contributed by atoms with van der Waals surface area (Å²) in [5.74, 6) is 0.382. The first kappa shape index (κ1) is 17.2. The van der Waals surface area contributed by atoms with Crippen molar-refractivity contribution >= 4 is 29.4 Å². The Morgan fingerprint density at radius 3 is 2.44 bits per heavy atom. The summed E-state index contributed by atoms with van der Waals surface area (Å²) in [6.07, 6.45) is 1.65. The fourth-order valence-corrected chi connectivity index (χ4v) is 2.33. The van der Waals surface area contributed by atoms with Gasteiger partial charge in [-0.2, -0.15) is 0 Å². The molecule has 0 saturated heterocycles. The molecule has 4 nitrogen and oxygen atoms in total.